The van der Waals surface area contributed by atoms with Gasteiger partial charge in [-0.25, -0.2) is 9.97 Å². The largest absolute Gasteiger partial charge is 0.309 e. The molecule has 3 heteroatoms. The zero-order chi connectivity index (χ0) is 13.0. The van der Waals surface area contributed by atoms with Crippen molar-refractivity contribution < 1.29 is 0 Å². The summed E-state index contributed by atoms with van der Waals surface area (Å²) in [7, 11) is 0. The molecule has 1 heterocycles. The molecule has 0 spiro atoms. The van der Waals surface area contributed by atoms with E-state index in [0.29, 0.717) is 12.0 Å². The molecule has 18 heavy (non-hydrogen) atoms. The van der Waals surface area contributed by atoms with Crippen LogP contribution in [0.15, 0.2) is 12.3 Å². The molecule has 0 aliphatic heterocycles. The van der Waals surface area contributed by atoms with Crippen molar-refractivity contribution in [1.82, 2.24) is 15.3 Å². The predicted molar refractivity (Wildman–Crippen MR) is 74.4 cm³/mol. The molecular formula is C15H25N3. The third kappa shape index (κ3) is 3.77. The average Bonchev–Trinajstić information content (AvgIpc) is 2.37. The van der Waals surface area contributed by atoms with Crippen LogP contribution in [0.3, 0.4) is 0 Å². The van der Waals surface area contributed by atoms with Gasteiger partial charge in [0, 0.05) is 24.7 Å². The minimum Gasteiger partial charge on any atom is -0.309 e. The van der Waals surface area contributed by atoms with Gasteiger partial charge in [-0.15, -0.1) is 0 Å². The summed E-state index contributed by atoms with van der Waals surface area (Å²) in [5, 5.41) is 3.41. The van der Waals surface area contributed by atoms with Crippen LogP contribution in [0, 0.1) is 5.92 Å². The second-order valence-electron chi connectivity index (χ2n) is 5.91. The Balaban J connectivity index is 2.02. The lowest BCUT2D eigenvalue weighted by atomic mass is 9.82. The highest BCUT2D eigenvalue weighted by molar-refractivity contribution is 5.06. The fourth-order valence-corrected chi connectivity index (χ4v) is 2.69. The summed E-state index contributed by atoms with van der Waals surface area (Å²) in [5.74, 6) is 2.46. The average molecular weight is 247 g/mol. The van der Waals surface area contributed by atoms with Crippen LogP contribution >= 0.6 is 0 Å². The van der Waals surface area contributed by atoms with E-state index >= 15 is 0 Å². The number of rotatable bonds is 4. The maximum Gasteiger partial charge on any atom is 0.131 e. The van der Waals surface area contributed by atoms with E-state index in [-0.39, 0.29) is 0 Å². The molecule has 0 aromatic carbocycles. The van der Waals surface area contributed by atoms with E-state index in [1.54, 1.807) is 0 Å². The molecule has 1 aliphatic carbocycles. The molecule has 0 radical (unpaired) electrons. The first kappa shape index (κ1) is 13.5. The molecule has 0 bridgehead atoms. The molecule has 1 aromatic rings. The van der Waals surface area contributed by atoms with Gasteiger partial charge >= 0.3 is 0 Å². The highest BCUT2D eigenvalue weighted by Crippen LogP contribution is 2.34. The Labute approximate surface area is 110 Å². The summed E-state index contributed by atoms with van der Waals surface area (Å²) in [6.45, 7) is 7.50. The van der Waals surface area contributed by atoms with Crippen LogP contribution in [0.5, 0.6) is 0 Å². The molecule has 1 fully saturated rings. The van der Waals surface area contributed by atoms with Gasteiger partial charge < -0.3 is 5.32 Å². The summed E-state index contributed by atoms with van der Waals surface area (Å²) >= 11 is 0. The van der Waals surface area contributed by atoms with Gasteiger partial charge in [-0.05, 0) is 24.8 Å². The predicted octanol–water partition coefficient (Wildman–Crippen LogP) is 3.27. The smallest absolute Gasteiger partial charge is 0.131 e. The maximum absolute atomic E-state index is 4.73. The second-order valence-corrected chi connectivity index (χ2v) is 5.91. The van der Waals surface area contributed by atoms with Gasteiger partial charge in [0.15, 0.2) is 0 Å². The zero-order valence-corrected chi connectivity index (χ0v) is 11.8. The van der Waals surface area contributed by atoms with Gasteiger partial charge in [-0.3, -0.25) is 0 Å². The van der Waals surface area contributed by atoms with E-state index in [1.807, 2.05) is 12.3 Å². The van der Waals surface area contributed by atoms with Crippen LogP contribution in [0.25, 0.3) is 0 Å². The van der Waals surface area contributed by atoms with Gasteiger partial charge in [0.2, 0.25) is 0 Å². The fraction of sp³-hybridized carbons (Fsp3) is 0.733. The zero-order valence-electron chi connectivity index (χ0n) is 11.8. The Hall–Kier alpha value is -0.960. The normalized spacial score (nSPS) is 24.4. The Kier molecular flexibility index (Phi) is 4.70. The van der Waals surface area contributed by atoms with Crippen molar-refractivity contribution >= 4 is 0 Å². The van der Waals surface area contributed by atoms with E-state index < -0.39 is 0 Å². The van der Waals surface area contributed by atoms with Crippen molar-refractivity contribution in [3.8, 4) is 0 Å². The van der Waals surface area contributed by atoms with Crippen LogP contribution in [-0.4, -0.2) is 16.0 Å². The van der Waals surface area contributed by atoms with Gasteiger partial charge in [0.1, 0.15) is 5.82 Å². The molecule has 1 aromatic heterocycles. The Morgan fingerprint density at radius 2 is 2.22 bits per heavy atom. The second kappa shape index (κ2) is 6.28. The first-order valence-electron chi connectivity index (χ1n) is 7.20. The van der Waals surface area contributed by atoms with E-state index in [4.69, 9.17) is 4.98 Å². The molecular weight excluding hydrogens is 222 g/mol. The first-order valence-corrected chi connectivity index (χ1v) is 7.20. The molecule has 2 rings (SSSR count). The van der Waals surface area contributed by atoms with Crippen LogP contribution in [0.1, 0.15) is 63.9 Å². The molecule has 1 saturated carbocycles. The standard InChI is InChI=1S/C15H25N3/c1-11(2)17-10-14-7-8-16-15(18-14)13-6-4-5-12(3)9-13/h7-8,11-13,17H,4-6,9-10H2,1-3H3. The molecule has 2 unspecified atom stereocenters. The molecule has 100 valence electrons. The highest BCUT2D eigenvalue weighted by atomic mass is 14.9. The van der Waals surface area contributed by atoms with Crippen molar-refractivity contribution in [2.45, 2.75) is 65.0 Å². The van der Waals surface area contributed by atoms with Crippen molar-refractivity contribution in [3.05, 3.63) is 23.8 Å². The number of hydrogen-bond donors (Lipinski definition) is 1. The first-order chi connectivity index (χ1) is 8.65. The third-order valence-corrected chi connectivity index (χ3v) is 3.72. The topological polar surface area (TPSA) is 37.8 Å². The SMILES string of the molecule is CC1CCCC(c2nccc(CNC(C)C)n2)C1. The minimum absolute atomic E-state index is 0.498. The van der Waals surface area contributed by atoms with Gasteiger partial charge in [-0.2, -0.15) is 0 Å². The molecule has 1 N–H and O–H groups in total. The number of hydrogen-bond acceptors (Lipinski definition) is 3. The summed E-state index contributed by atoms with van der Waals surface area (Å²) in [4.78, 5) is 9.21. The fourth-order valence-electron chi connectivity index (χ4n) is 2.69. The van der Waals surface area contributed by atoms with Crippen LogP contribution in [0.2, 0.25) is 0 Å². The quantitative estimate of drug-likeness (QED) is 0.887. The van der Waals surface area contributed by atoms with E-state index in [2.05, 4.69) is 31.1 Å². The number of nitrogens with zero attached hydrogens (tertiary/aromatic N) is 2. The summed E-state index contributed by atoms with van der Waals surface area (Å²) in [6.07, 6.45) is 7.11. The third-order valence-electron chi connectivity index (χ3n) is 3.72. The Morgan fingerprint density at radius 1 is 1.39 bits per heavy atom. The molecule has 0 amide bonds. The van der Waals surface area contributed by atoms with Crippen molar-refractivity contribution in [2.75, 3.05) is 0 Å². The van der Waals surface area contributed by atoms with Crippen LogP contribution < -0.4 is 5.32 Å². The lowest BCUT2D eigenvalue weighted by molar-refractivity contribution is 0.334. The summed E-state index contributed by atoms with van der Waals surface area (Å²) < 4.78 is 0. The minimum atomic E-state index is 0.498. The van der Waals surface area contributed by atoms with Crippen molar-refractivity contribution in [2.24, 2.45) is 5.92 Å². The highest BCUT2D eigenvalue weighted by Gasteiger charge is 2.22. The van der Waals surface area contributed by atoms with Crippen molar-refractivity contribution in [3.63, 3.8) is 0 Å². The monoisotopic (exact) mass is 247 g/mol. The molecule has 3 nitrogen and oxygen atoms in total. The van der Waals surface area contributed by atoms with Gasteiger partial charge in [-0.1, -0.05) is 33.6 Å². The molecule has 0 saturated heterocycles. The summed E-state index contributed by atoms with van der Waals surface area (Å²) in [5.41, 5.74) is 1.12. The van der Waals surface area contributed by atoms with Gasteiger partial charge in [0.25, 0.3) is 0 Å². The number of nitrogens with one attached hydrogen (secondary N) is 1. The van der Waals surface area contributed by atoms with Crippen molar-refractivity contribution in [1.29, 1.82) is 0 Å². The van der Waals surface area contributed by atoms with E-state index in [9.17, 15) is 0 Å². The molecule has 1 aliphatic rings. The summed E-state index contributed by atoms with van der Waals surface area (Å²) in [6, 6.07) is 2.52. The Morgan fingerprint density at radius 3 is 2.94 bits per heavy atom. The van der Waals surface area contributed by atoms with E-state index in [0.717, 1.165) is 24.0 Å². The molecule has 2 atom stereocenters. The lowest BCUT2D eigenvalue weighted by Gasteiger charge is -2.25. The lowest BCUT2D eigenvalue weighted by Crippen LogP contribution is -2.23. The maximum atomic E-state index is 4.73. The van der Waals surface area contributed by atoms with Crippen LogP contribution in [-0.2, 0) is 6.54 Å². The van der Waals surface area contributed by atoms with Crippen LogP contribution in [0.4, 0.5) is 0 Å². The van der Waals surface area contributed by atoms with E-state index in [1.165, 1.54) is 25.7 Å². The number of aromatic nitrogens is 2. The van der Waals surface area contributed by atoms with Gasteiger partial charge in [0.05, 0.1) is 5.69 Å². The Bertz CT molecular complexity index is 376.